The van der Waals surface area contributed by atoms with Crippen molar-refractivity contribution in [2.24, 2.45) is 23.7 Å². The summed E-state index contributed by atoms with van der Waals surface area (Å²) in [7, 11) is 0. The van der Waals surface area contributed by atoms with Crippen LogP contribution in [0.1, 0.15) is 41.5 Å². The molecule has 2 fully saturated rings. The monoisotopic (exact) mass is 384 g/mol. The molecule has 0 N–H and O–H groups in total. The van der Waals surface area contributed by atoms with Gasteiger partial charge in [0.15, 0.2) is 0 Å². The number of hydrogen-bond acceptors (Lipinski definition) is 5. The average Bonchev–Trinajstić information content (AvgIpc) is 2.61. The normalized spacial score (nSPS) is 30.0. The summed E-state index contributed by atoms with van der Waals surface area (Å²) in [6.07, 6.45) is 0.739. The van der Waals surface area contributed by atoms with E-state index in [0.717, 1.165) is 65.7 Å². The van der Waals surface area contributed by atoms with Crippen LogP contribution in [0.2, 0.25) is 0 Å². The van der Waals surface area contributed by atoms with E-state index in [0.29, 0.717) is 35.9 Å². The minimum atomic E-state index is 0.370. The molecular formula is C22H44N2O3. The predicted molar refractivity (Wildman–Crippen MR) is 111 cm³/mol. The number of rotatable bonds is 10. The Morgan fingerprint density at radius 2 is 1.15 bits per heavy atom. The molecule has 0 bridgehead atoms. The number of ether oxygens (including phenoxy) is 3. The summed E-state index contributed by atoms with van der Waals surface area (Å²) in [5.41, 5.74) is 0. The molecule has 0 aromatic carbocycles. The molecule has 0 radical (unpaired) electrons. The first-order valence-corrected chi connectivity index (χ1v) is 11.1. The van der Waals surface area contributed by atoms with E-state index in [4.69, 9.17) is 14.2 Å². The molecule has 0 spiro atoms. The summed E-state index contributed by atoms with van der Waals surface area (Å²) in [6.45, 7) is 23.8. The minimum absolute atomic E-state index is 0.370. The van der Waals surface area contributed by atoms with Crippen LogP contribution >= 0.6 is 0 Å². The van der Waals surface area contributed by atoms with E-state index in [-0.39, 0.29) is 0 Å². The zero-order chi connectivity index (χ0) is 19.8. The van der Waals surface area contributed by atoms with Gasteiger partial charge in [0, 0.05) is 52.5 Å². The lowest BCUT2D eigenvalue weighted by atomic mass is 9.94. The third kappa shape index (κ3) is 8.36. The van der Waals surface area contributed by atoms with Gasteiger partial charge in [-0.1, -0.05) is 27.7 Å². The van der Waals surface area contributed by atoms with Crippen molar-refractivity contribution in [3.05, 3.63) is 0 Å². The molecule has 2 rings (SSSR count). The van der Waals surface area contributed by atoms with Crippen molar-refractivity contribution < 1.29 is 14.2 Å². The Balaban J connectivity index is 1.60. The molecule has 0 aliphatic carbocycles. The molecule has 6 atom stereocenters. The van der Waals surface area contributed by atoms with Gasteiger partial charge in [-0.15, -0.1) is 0 Å². The number of hydrogen-bond donors (Lipinski definition) is 0. The predicted octanol–water partition coefficient (Wildman–Crippen LogP) is 2.99. The highest BCUT2D eigenvalue weighted by atomic mass is 16.5. The second kappa shape index (κ2) is 11.7. The molecule has 27 heavy (non-hydrogen) atoms. The van der Waals surface area contributed by atoms with Gasteiger partial charge in [-0.3, -0.25) is 9.80 Å². The maximum atomic E-state index is 6.13. The summed E-state index contributed by atoms with van der Waals surface area (Å²) >= 11 is 0. The van der Waals surface area contributed by atoms with E-state index >= 15 is 0 Å². The van der Waals surface area contributed by atoms with Gasteiger partial charge in [-0.25, -0.2) is 0 Å². The van der Waals surface area contributed by atoms with Gasteiger partial charge in [-0.2, -0.15) is 0 Å². The van der Waals surface area contributed by atoms with Gasteiger partial charge in [0.1, 0.15) is 0 Å². The van der Waals surface area contributed by atoms with Crippen molar-refractivity contribution in [3.8, 4) is 0 Å². The van der Waals surface area contributed by atoms with Crippen LogP contribution in [0, 0.1) is 23.7 Å². The lowest BCUT2D eigenvalue weighted by molar-refractivity contribution is -0.0315. The second-order valence-corrected chi connectivity index (χ2v) is 9.33. The molecule has 0 aromatic heterocycles. The van der Waals surface area contributed by atoms with E-state index in [1.54, 1.807) is 0 Å². The smallest absolute Gasteiger partial charge is 0.0674 e. The van der Waals surface area contributed by atoms with Gasteiger partial charge in [-0.05, 0) is 37.5 Å². The van der Waals surface area contributed by atoms with E-state index < -0.39 is 0 Å². The van der Waals surface area contributed by atoms with Crippen molar-refractivity contribution in [2.75, 3.05) is 65.7 Å². The van der Waals surface area contributed by atoms with Crippen LogP contribution in [-0.2, 0) is 14.2 Å². The summed E-state index contributed by atoms with van der Waals surface area (Å²) < 4.78 is 17.4. The molecule has 0 aromatic rings. The Morgan fingerprint density at radius 1 is 0.741 bits per heavy atom. The van der Waals surface area contributed by atoms with Crippen LogP contribution in [0.5, 0.6) is 0 Å². The quantitative estimate of drug-likeness (QED) is 0.578. The Morgan fingerprint density at radius 3 is 1.52 bits per heavy atom. The van der Waals surface area contributed by atoms with Crippen molar-refractivity contribution in [1.82, 2.24) is 9.80 Å². The SMILES string of the molecule is CC1CN(CC(C)C(C)COCC(C)C(C)CN2CCOC(C)C2)CCO1. The highest BCUT2D eigenvalue weighted by molar-refractivity contribution is 4.74. The molecular weight excluding hydrogens is 340 g/mol. The van der Waals surface area contributed by atoms with E-state index in [2.05, 4.69) is 51.3 Å². The van der Waals surface area contributed by atoms with Crippen LogP contribution in [0.25, 0.3) is 0 Å². The van der Waals surface area contributed by atoms with Gasteiger partial charge < -0.3 is 14.2 Å². The van der Waals surface area contributed by atoms with Gasteiger partial charge in [0.2, 0.25) is 0 Å². The molecule has 5 heteroatoms. The molecule has 5 nitrogen and oxygen atoms in total. The zero-order valence-corrected chi connectivity index (χ0v) is 18.7. The van der Waals surface area contributed by atoms with Crippen LogP contribution < -0.4 is 0 Å². The highest BCUT2D eigenvalue weighted by Crippen LogP contribution is 2.18. The molecule has 2 saturated heterocycles. The second-order valence-electron chi connectivity index (χ2n) is 9.33. The first-order valence-electron chi connectivity index (χ1n) is 11.1. The molecule has 2 aliphatic heterocycles. The first-order chi connectivity index (χ1) is 12.8. The molecule has 2 heterocycles. The fourth-order valence-corrected chi connectivity index (χ4v) is 4.06. The molecule has 0 amide bonds. The summed E-state index contributed by atoms with van der Waals surface area (Å²) in [5, 5.41) is 0. The summed E-state index contributed by atoms with van der Waals surface area (Å²) in [6, 6.07) is 0. The fourth-order valence-electron chi connectivity index (χ4n) is 4.06. The van der Waals surface area contributed by atoms with Crippen molar-refractivity contribution >= 4 is 0 Å². The lowest BCUT2D eigenvalue weighted by Gasteiger charge is -2.35. The van der Waals surface area contributed by atoms with Crippen LogP contribution in [0.15, 0.2) is 0 Å². The maximum Gasteiger partial charge on any atom is 0.0674 e. The number of nitrogens with zero attached hydrogens (tertiary/aromatic N) is 2. The minimum Gasteiger partial charge on any atom is -0.381 e. The van der Waals surface area contributed by atoms with Gasteiger partial charge in [0.05, 0.1) is 25.4 Å². The Hall–Kier alpha value is -0.200. The molecule has 2 aliphatic rings. The third-order valence-electron chi connectivity index (χ3n) is 6.45. The Kier molecular flexibility index (Phi) is 10.0. The first kappa shape index (κ1) is 23.1. The molecule has 0 saturated carbocycles. The largest absolute Gasteiger partial charge is 0.381 e. The Labute approximate surface area is 167 Å². The zero-order valence-electron chi connectivity index (χ0n) is 18.7. The van der Waals surface area contributed by atoms with Crippen molar-refractivity contribution in [3.63, 3.8) is 0 Å². The maximum absolute atomic E-state index is 6.13. The van der Waals surface area contributed by atoms with Gasteiger partial charge in [0.25, 0.3) is 0 Å². The average molecular weight is 385 g/mol. The Bertz CT molecular complexity index is 373. The fraction of sp³-hybridized carbons (Fsp3) is 1.00. The third-order valence-corrected chi connectivity index (χ3v) is 6.45. The van der Waals surface area contributed by atoms with Crippen LogP contribution in [0.4, 0.5) is 0 Å². The molecule has 160 valence electrons. The standard InChI is InChI=1S/C22H44N2O3/c1-17(11-23-7-9-26-21(5)13-23)19(3)15-25-16-20(4)18(2)12-24-8-10-27-22(6)14-24/h17-22H,7-16H2,1-6H3. The van der Waals surface area contributed by atoms with Crippen molar-refractivity contribution in [1.29, 1.82) is 0 Å². The van der Waals surface area contributed by atoms with E-state index in [1.807, 2.05) is 0 Å². The van der Waals surface area contributed by atoms with Crippen LogP contribution in [-0.4, -0.2) is 87.7 Å². The van der Waals surface area contributed by atoms with Crippen LogP contribution in [0.3, 0.4) is 0 Å². The molecule has 6 unspecified atom stereocenters. The lowest BCUT2D eigenvalue weighted by Crippen LogP contribution is -2.44. The van der Waals surface area contributed by atoms with Gasteiger partial charge >= 0.3 is 0 Å². The van der Waals surface area contributed by atoms with E-state index in [9.17, 15) is 0 Å². The summed E-state index contributed by atoms with van der Waals surface area (Å²) in [5.74, 6) is 2.48. The summed E-state index contributed by atoms with van der Waals surface area (Å²) in [4.78, 5) is 5.09. The van der Waals surface area contributed by atoms with Crippen molar-refractivity contribution in [2.45, 2.75) is 53.8 Å². The number of morpholine rings is 2. The van der Waals surface area contributed by atoms with E-state index in [1.165, 1.54) is 0 Å². The highest BCUT2D eigenvalue weighted by Gasteiger charge is 2.23. The topological polar surface area (TPSA) is 34.2 Å².